The van der Waals surface area contributed by atoms with Gasteiger partial charge in [-0.1, -0.05) is 18.2 Å². The second kappa shape index (κ2) is 4.59. The quantitative estimate of drug-likeness (QED) is 0.846. The van der Waals surface area contributed by atoms with E-state index in [0.29, 0.717) is 6.54 Å². The molecule has 0 radical (unpaired) electrons. The SMILES string of the molecule is Cc1c(CNC(=O)[C@H](C)N)oc2ccccc12. The molecule has 0 unspecified atom stereocenters. The van der Waals surface area contributed by atoms with Crippen molar-refractivity contribution in [3.8, 4) is 0 Å². The molecule has 2 rings (SSSR count). The second-order valence-electron chi connectivity index (χ2n) is 4.15. The summed E-state index contributed by atoms with van der Waals surface area (Å²) in [7, 11) is 0. The fourth-order valence-electron chi connectivity index (χ4n) is 1.72. The highest BCUT2D eigenvalue weighted by Crippen LogP contribution is 2.24. The third kappa shape index (κ3) is 2.31. The van der Waals surface area contributed by atoms with Crippen molar-refractivity contribution in [1.29, 1.82) is 0 Å². The molecule has 1 aromatic carbocycles. The summed E-state index contributed by atoms with van der Waals surface area (Å²) in [4.78, 5) is 11.4. The maximum atomic E-state index is 11.4. The standard InChI is InChI=1S/C13H16N2O2/c1-8-10-5-3-4-6-11(10)17-12(8)7-15-13(16)9(2)14/h3-6,9H,7,14H2,1-2H3,(H,15,16)/t9-/m0/s1. The fraction of sp³-hybridized carbons (Fsp3) is 0.308. The Balaban J connectivity index is 2.19. The molecular weight excluding hydrogens is 216 g/mol. The third-order valence-corrected chi connectivity index (χ3v) is 2.78. The van der Waals surface area contributed by atoms with E-state index in [-0.39, 0.29) is 5.91 Å². The van der Waals surface area contributed by atoms with E-state index in [0.717, 1.165) is 22.3 Å². The van der Waals surface area contributed by atoms with Gasteiger partial charge in [0.05, 0.1) is 12.6 Å². The van der Waals surface area contributed by atoms with E-state index in [9.17, 15) is 4.79 Å². The van der Waals surface area contributed by atoms with E-state index >= 15 is 0 Å². The minimum Gasteiger partial charge on any atom is -0.459 e. The van der Waals surface area contributed by atoms with Crippen LogP contribution in [0.2, 0.25) is 0 Å². The lowest BCUT2D eigenvalue weighted by atomic mass is 10.1. The minimum atomic E-state index is -0.500. The van der Waals surface area contributed by atoms with E-state index in [1.807, 2.05) is 31.2 Å². The van der Waals surface area contributed by atoms with Crippen LogP contribution in [-0.2, 0) is 11.3 Å². The lowest BCUT2D eigenvalue weighted by molar-refractivity contribution is -0.122. The molecule has 0 saturated carbocycles. The van der Waals surface area contributed by atoms with Crippen molar-refractivity contribution in [3.63, 3.8) is 0 Å². The molecular formula is C13H16N2O2. The number of hydrogen-bond donors (Lipinski definition) is 2. The van der Waals surface area contributed by atoms with Crippen molar-refractivity contribution in [2.24, 2.45) is 5.73 Å². The number of nitrogens with two attached hydrogens (primary N) is 1. The van der Waals surface area contributed by atoms with Crippen LogP contribution in [-0.4, -0.2) is 11.9 Å². The highest BCUT2D eigenvalue weighted by atomic mass is 16.3. The van der Waals surface area contributed by atoms with Crippen molar-refractivity contribution in [2.45, 2.75) is 26.4 Å². The Hall–Kier alpha value is -1.81. The Morgan fingerprint density at radius 1 is 1.47 bits per heavy atom. The molecule has 1 atom stereocenters. The highest BCUT2D eigenvalue weighted by Gasteiger charge is 2.12. The van der Waals surface area contributed by atoms with E-state index in [1.165, 1.54) is 0 Å². The average Bonchev–Trinajstić information content (AvgIpc) is 2.64. The molecule has 4 heteroatoms. The summed E-state index contributed by atoms with van der Waals surface area (Å²) in [5.41, 5.74) is 7.37. The third-order valence-electron chi connectivity index (χ3n) is 2.78. The first kappa shape index (κ1) is 11.7. The number of aryl methyl sites for hydroxylation is 1. The zero-order chi connectivity index (χ0) is 12.4. The molecule has 0 saturated heterocycles. The molecule has 0 aliphatic heterocycles. The predicted octanol–water partition coefficient (Wildman–Crippen LogP) is 1.70. The van der Waals surface area contributed by atoms with Crippen LogP contribution in [0.3, 0.4) is 0 Å². The maximum Gasteiger partial charge on any atom is 0.237 e. The molecule has 2 aromatic rings. The first-order valence-corrected chi connectivity index (χ1v) is 5.60. The summed E-state index contributed by atoms with van der Waals surface area (Å²) >= 11 is 0. The van der Waals surface area contributed by atoms with Crippen molar-refractivity contribution >= 4 is 16.9 Å². The lowest BCUT2D eigenvalue weighted by Crippen LogP contribution is -2.37. The summed E-state index contributed by atoms with van der Waals surface area (Å²) in [5.74, 6) is 0.602. The Morgan fingerprint density at radius 2 is 2.18 bits per heavy atom. The van der Waals surface area contributed by atoms with Gasteiger partial charge in [0.2, 0.25) is 5.91 Å². The van der Waals surface area contributed by atoms with Crippen molar-refractivity contribution in [3.05, 3.63) is 35.6 Å². The number of amides is 1. The minimum absolute atomic E-state index is 0.176. The van der Waals surface area contributed by atoms with Crippen LogP contribution >= 0.6 is 0 Å². The number of fused-ring (bicyclic) bond motifs is 1. The highest BCUT2D eigenvalue weighted by molar-refractivity contribution is 5.83. The largest absolute Gasteiger partial charge is 0.459 e. The molecule has 0 aliphatic carbocycles. The summed E-state index contributed by atoms with van der Waals surface area (Å²) in [6.07, 6.45) is 0. The lowest BCUT2D eigenvalue weighted by Gasteiger charge is -2.06. The van der Waals surface area contributed by atoms with Gasteiger partial charge in [-0.25, -0.2) is 0 Å². The second-order valence-corrected chi connectivity index (χ2v) is 4.15. The number of rotatable bonds is 3. The number of benzene rings is 1. The topological polar surface area (TPSA) is 68.3 Å². The van der Waals surface area contributed by atoms with Crippen LogP contribution in [0, 0.1) is 6.92 Å². The van der Waals surface area contributed by atoms with E-state index < -0.39 is 6.04 Å². The van der Waals surface area contributed by atoms with Crippen LogP contribution in [0.15, 0.2) is 28.7 Å². The average molecular weight is 232 g/mol. The zero-order valence-electron chi connectivity index (χ0n) is 9.99. The van der Waals surface area contributed by atoms with Gasteiger partial charge in [0, 0.05) is 10.9 Å². The van der Waals surface area contributed by atoms with Gasteiger partial charge in [0.25, 0.3) is 0 Å². The summed E-state index contributed by atoms with van der Waals surface area (Å²) in [6, 6.07) is 7.31. The molecule has 17 heavy (non-hydrogen) atoms. The molecule has 0 spiro atoms. The van der Waals surface area contributed by atoms with Gasteiger partial charge >= 0.3 is 0 Å². The molecule has 1 aromatic heterocycles. The van der Waals surface area contributed by atoms with Gasteiger partial charge in [-0.3, -0.25) is 4.79 Å². The van der Waals surface area contributed by atoms with Crippen LogP contribution in [0.5, 0.6) is 0 Å². The number of para-hydroxylation sites is 1. The monoisotopic (exact) mass is 232 g/mol. The maximum absolute atomic E-state index is 11.4. The van der Waals surface area contributed by atoms with Gasteiger partial charge < -0.3 is 15.5 Å². The number of carbonyl (C=O) groups is 1. The summed E-state index contributed by atoms with van der Waals surface area (Å²) in [5, 5.41) is 3.82. The molecule has 1 amide bonds. The molecule has 0 bridgehead atoms. The van der Waals surface area contributed by atoms with Crippen molar-refractivity contribution in [1.82, 2.24) is 5.32 Å². The predicted molar refractivity (Wildman–Crippen MR) is 66.4 cm³/mol. The first-order chi connectivity index (χ1) is 8.09. The van der Waals surface area contributed by atoms with Crippen LogP contribution < -0.4 is 11.1 Å². The normalized spacial score (nSPS) is 12.6. The number of carbonyl (C=O) groups excluding carboxylic acids is 1. The molecule has 0 aliphatic rings. The van der Waals surface area contributed by atoms with Gasteiger partial charge in [0.1, 0.15) is 11.3 Å². The molecule has 3 N–H and O–H groups in total. The van der Waals surface area contributed by atoms with Gasteiger partial charge in [-0.15, -0.1) is 0 Å². The smallest absolute Gasteiger partial charge is 0.237 e. The molecule has 0 fully saturated rings. The van der Waals surface area contributed by atoms with E-state index in [1.54, 1.807) is 6.92 Å². The molecule has 1 heterocycles. The first-order valence-electron chi connectivity index (χ1n) is 5.60. The number of hydrogen-bond acceptors (Lipinski definition) is 3. The number of nitrogens with one attached hydrogen (secondary N) is 1. The zero-order valence-corrected chi connectivity index (χ0v) is 9.99. The summed E-state index contributed by atoms with van der Waals surface area (Å²) in [6.45, 7) is 4.01. The van der Waals surface area contributed by atoms with Gasteiger partial charge in [-0.05, 0) is 19.9 Å². The van der Waals surface area contributed by atoms with Crippen LogP contribution in [0.4, 0.5) is 0 Å². The summed E-state index contributed by atoms with van der Waals surface area (Å²) < 4.78 is 5.67. The van der Waals surface area contributed by atoms with Crippen molar-refractivity contribution < 1.29 is 9.21 Å². The Bertz CT molecular complexity index is 543. The van der Waals surface area contributed by atoms with Gasteiger partial charge in [0.15, 0.2) is 0 Å². The fourth-order valence-corrected chi connectivity index (χ4v) is 1.72. The van der Waals surface area contributed by atoms with Crippen molar-refractivity contribution in [2.75, 3.05) is 0 Å². The Labute approximate surface area is 99.8 Å². The van der Waals surface area contributed by atoms with E-state index in [4.69, 9.17) is 10.2 Å². The van der Waals surface area contributed by atoms with E-state index in [2.05, 4.69) is 5.32 Å². The number of furan rings is 1. The van der Waals surface area contributed by atoms with Gasteiger partial charge in [-0.2, -0.15) is 0 Å². The molecule has 4 nitrogen and oxygen atoms in total. The Morgan fingerprint density at radius 3 is 2.82 bits per heavy atom. The van der Waals surface area contributed by atoms with Crippen LogP contribution in [0.1, 0.15) is 18.2 Å². The molecule has 90 valence electrons. The van der Waals surface area contributed by atoms with Crippen LogP contribution in [0.25, 0.3) is 11.0 Å². The Kier molecular flexibility index (Phi) is 3.15.